The third kappa shape index (κ3) is 5.67. The van der Waals surface area contributed by atoms with E-state index in [0.29, 0.717) is 32.3 Å². The number of hydrogen-bond donors (Lipinski definition) is 2. The van der Waals surface area contributed by atoms with E-state index in [-0.39, 0.29) is 24.1 Å². The molecule has 0 unspecified atom stereocenters. The third-order valence-electron chi connectivity index (χ3n) is 3.98. The van der Waals surface area contributed by atoms with Crippen molar-refractivity contribution >= 4 is 17.7 Å². The lowest BCUT2D eigenvalue weighted by Gasteiger charge is -2.26. The van der Waals surface area contributed by atoms with E-state index >= 15 is 0 Å². The van der Waals surface area contributed by atoms with Crippen LogP contribution in [0, 0.1) is 0 Å². The van der Waals surface area contributed by atoms with Gasteiger partial charge in [0.05, 0.1) is 32.4 Å². The Morgan fingerprint density at radius 1 is 1.24 bits per heavy atom. The number of morpholine rings is 1. The number of methoxy groups -OCH3 is 1. The average molecular weight is 412 g/mol. The first-order valence-electron chi connectivity index (χ1n) is 8.69. The number of carbonyl (C=O) groups is 1. The van der Waals surface area contributed by atoms with Gasteiger partial charge in [-0.3, -0.25) is 0 Å². The zero-order valence-corrected chi connectivity index (χ0v) is 15.5. The number of carbonyl (C=O) groups excluding carboxylic acids is 1. The quantitative estimate of drug-likeness (QED) is 0.775. The van der Waals surface area contributed by atoms with Gasteiger partial charge in [0.15, 0.2) is 5.82 Å². The lowest BCUT2D eigenvalue weighted by Crippen LogP contribution is -2.38. The van der Waals surface area contributed by atoms with Gasteiger partial charge in [-0.05, 0) is 18.2 Å². The van der Waals surface area contributed by atoms with Crippen molar-refractivity contribution < 1.29 is 27.4 Å². The molecule has 156 valence electrons. The highest BCUT2D eigenvalue weighted by atomic mass is 19.4. The Hall–Kier alpha value is -3.15. The van der Waals surface area contributed by atoms with Gasteiger partial charge in [0, 0.05) is 18.8 Å². The van der Waals surface area contributed by atoms with Gasteiger partial charge in [-0.2, -0.15) is 28.1 Å². The highest BCUT2D eigenvalue weighted by Gasteiger charge is 2.30. The number of amides is 2. The zero-order valence-electron chi connectivity index (χ0n) is 15.5. The number of anilines is 2. The first kappa shape index (κ1) is 20.6. The summed E-state index contributed by atoms with van der Waals surface area (Å²) in [5.74, 6) is 0.646. The molecule has 1 aromatic carbocycles. The highest BCUT2D eigenvalue weighted by molar-refractivity contribution is 5.89. The van der Waals surface area contributed by atoms with Gasteiger partial charge in [-0.15, -0.1) is 0 Å². The van der Waals surface area contributed by atoms with Crippen molar-refractivity contribution in [1.82, 2.24) is 20.3 Å². The Balaban J connectivity index is 1.64. The number of alkyl halides is 3. The van der Waals surface area contributed by atoms with Crippen molar-refractivity contribution in [2.24, 2.45) is 0 Å². The van der Waals surface area contributed by atoms with Crippen molar-refractivity contribution in [3.8, 4) is 6.01 Å². The van der Waals surface area contributed by atoms with Crippen LogP contribution in [0.2, 0.25) is 0 Å². The number of hydrogen-bond acceptors (Lipinski definition) is 7. The average Bonchev–Trinajstić information content (AvgIpc) is 2.72. The second-order valence-corrected chi connectivity index (χ2v) is 6.02. The molecule has 1 fully saturated rings. The van der Waals surface area contributed by atoms with Crippen LogP contribution in [-0.4, -0.2) is 54.4 Å². The van der Waals surface area contributed by atoms with E-state index in [0.717, 1.165) is 12.1 Å². The summed E-state index contributed by atoms with van der Waals surface area (Å²) in [6.07, 6.45) is -4.49. The molecule has 9 nitrogen and oxygen atoms in total. The Kier molecular flexibility index (Phi) is 6.32. The summed E-state index contributed by atoms with van der Waals surface area (Å²) in [4.78, 5) is 26.5. The highest BCUT2D eigenvalue weighted by Crippen LogP contribution is 2.30. The summed E-state index contributed by atoms with van der Waals surface area (Å²) in [5.41, 5.74) is -0.841. The second-order valence-electron chi connectivity index (χ2n) is 6.02. The molecule has 0 aliphatic carbocycles. The van der Waals surface area contributed by atoms with Gasteiger partial charge in [-0.25, -0.2) is 4.79 Å². The minimum Gasteiger partial charge on any atom is -0.467 e. The molecule has 0 bridgehead atoms. The van der Waals surface area contributed by atoms with Crippen LogP contribution in [0.3, 0.4) is 0 Å². The Morgan fingerprint density at radius 2 is 2.00 bits per heavy atom. The third-order valence-corrected chi connectivity index (χ3v) is 3.98. The van der Waals surface area contributed by atoms with E-state index in [1.165, 1.54) is 19.2 Å². The fourth-order valence-corrected chi connectivity index (χ4v) is 2.57. The lowest BCUT2D eigenvalue weighted by molar-refractivity contribution is -0.137. The fraction of sp³-hybridized carbons (Fsp3) is 0.412. The maximum absolute atomic E-state index is 12.8. The van der Waals surface area contributed by atoms with E-state index < -0.39 is 17.8 Å². The second kappa shape index (κ2) is 8.90. The summed E-state index contributed by atoms with van der Waals surface area (Å²) >= 11 is 0. The fourth-order valence-electron chi connectivity index (χ4n) is 2.57. The van der Waals surface area contributed by atoms with Gasteiger partial charge >= 0.3 is 18.2 Å². The molecule has 0 spiro atoms. The van der Waals surface area contributed by atoms with Crippen LogP contribution in [-0.2, 0) is 17.5 Å². The van der Waals surface area contributed by atoms with E-state index in [9.17, 15) is 18.0 Å². The monoisotopic (exact) mass is 412 g/mol. The topological polar surface area (TPSA) is 102 Å². The first-order valence-corrected chi connectivity index (χ1v) is 8.69. The normalized spacial score (nSPS) is 14.4. The molecule has 0 atom stereocenters. The van der Waals surface area contributed by atoms with Gasteiger partial charge in [0.1, 0.15) is 0 Å². The number of urea groups is 1. The molecule has 3 rings (SSSR count). The molecule has 12 heteroatoms. The zero-order chi connectivity index (χ0) is 20.9. The Labute approximate surface area is 164 Å². The van der Waals surface area contributed by atoms with Crippen LogP contribution >= 0.6 is 0 Å². The maximum atomic E-state index is 12.8. The Morgan fingerprint density at radius 3 is 2.69 bits per heavy atom. The minimum absolute atomic E-state index is 0.0135. The van der Waals surface area contributed by atoms with Gasteiger partial charge in [-0.1, -0.05) is 6.07 Å². The number of rotatable bonds is 5. The number of halogens is 3. The van der Waals surface area contributed by atoms with Crippen molar-refractivity contribution in [1.29, 1.82) is 0 Å². The van der Waals surface area contributed by atoms with Crippen molar-refractivity contribution in [3.05, 3.63) is 35.7 Å². The van der Waals surface area contributed by atoms with Crippen LogP contribution < -0.4 is 20.3 Å². The molecular weight excluding hydrogens is 393 g/mol. The number of ether oxygens (including phenoxy) is 2. The van der Waals surface area contributed by atoms with E-state index in [1.54, 1.807) is 0 Å². The van der Waals surface area contributed by atoms with E-state index in [2.05, 4.69) is 25.6 Å². The number of nitrogens with one attached hydrogen (secondary N) is 2. The molecule has 1 aliphatic heterocycles. The molecule has 2 aromatic rings. The molecule has 0 saturated carbocycles. The number of aromatic nitrogens is 3. The van der Waals surface area contributed by atoms with Crippen LogP contribution in [0.15, 0.2) is 24.3 Å². The summed E-state index contributed by atoms with van der Waals surface area (Å²) < 4.78 is 48.7. The van der Waals surface area contributed by atoms with Crippen molar-refractivity contribution in [3.63, 3.8) is 0 Å². The largest absolute Gasteiger partial charge is 0.467 e. The predicted octanol–water partition coefficient (Wildman–Crippen LogP) is 2.06. The van der Waals surface area contributed by atoms with Crippen LogP contribution in [0.4, 0.5) is 29.6 Å². The van der Waals surface area contributed by atoms with Crippen molar-refractivity contribution in [2.75, 3.05) is 43.6 Å². The SMILES string of the molecule is COc1nc(CNC(=O)Nc2cccc(C(F)(F)F)c2)nc(N2CCOCC2)n1. The molecular formula is C17H19F3N6O3. The van der Waals surface area contributed by atoms with Crippen molar-refractivity contribution in [2.45, 2.75) is 12.7 Å². The van der Waals surface area contributed by atoms with E-state index in [1.807, 2.05) is 4.90 Å². The smallest absolute Gasteiger partial charge is 0.416 e. The molecule has 29 heavy (non-hydrogen) atoms. The van der Waals surface area contributed by atoms with Crippen LogP contribution in [0.1, 0.15) is 11.4 Å². The first-order chi connectivity index (χ1) is 13.8. The molecule has 2 amide bonds. The molecule has 1 aromatic heterocycles. The molecule has 2 N–H and O–H groups in total. The number of nitrogens with zero attached hydrogens (tertiary/aromatic N) is 4. The molecule has 2 heterocycles. The standard InChI is InChI=1S/C17H19F3N6O3/c1-28-16-24-13(23-14(25-16)26-5-7-29-8-6-26)10-21-15(27)22-12-4-2-3-11(9-12)17(18,19)20/h2-4,9H,5-8,10H2,1H3,(H2,21,22,27). The van der Waals surface area contributed by atoms with Crippen LogP contribution in [0.5, 0.6) is 6.01 Å². The minimum atomic E-state index is -4.49. The summed E-state index contributed by atoms with van der Waals surface area (Å²) in [5, 5.41) is 4.86. The molecule has 1 saturated heterocycles. The summed E-state index contributed by atoms with van der Waals surface area (Å²) in [6.45, 7) is 2.23. The number of benzene rings is 1. The van der Waals surface area contributed by atoms with Gasteiger partial charge < -0.3 is 25.0 Å². The predicted molar refractivity (Wildman–Crippen MR) is 96.7 cm³/mol. The van der Waals surface area contributed by atoms with Crippen LogP contribution in [0.25, 0.3) is 0 Å². The maximum Gasteiger partial charge on any atom is 0.416 e. The molecule has 0 radical (unpaired) electrons. The van der Waals surface area contributed by atoms with Gasteiger partial charge in [0.2, 0.25) is 5.95 Å². The summed E-state index contributed by atoms with van der Waals surface area (Å²) in [6, 6.07) is 3.74. The summed E-state index contributed by atoms with van der Waals surface area (Å²) in [7, 11) is 1.41. The molecule has 1 aliphatic rings. The Bertz CT molecular complexity index is 859. The van der Waals surface area contributed by atoms with E-state index in [4.69, 9.17) is 9.47 Å². The lowest BCUT2D eigenvalue weighted by atomic mass is 10.2. The van der Waals surface area contributed by atoms with Gasteiger partial charge in [0.25, 0.3) is 0 Å².